The number of ether oxygens (including phenoxy) is 1. The first-order valence-electron chi connectivity index (χ1n) is 6.59. The summed E-state index contributed by atoms with van der Waals surface area (Å²) in [6.45, 7) is 3.22. The van der Waals surface area contributed by atoms with Gasteiger partial charge in [-0.05, 0) is 31.9 Å². The van der Waals surface area contributed by atoms with Crippen molar-refractivity contribution in [3.05, 3.63) is 35.8 Å². The number of nitrogens with zero attached hydrogens (tertiary/aromatic N) is 2. The third-order valence-corrected chi connectivity index (χ3v) is 3.43. The predicted molar refractivity (Wildman–Crippen MR) is 71.2 cm³/mol. The number of fused-ring (bicyclic) bond motifs is 1. The molecule has 0 radical (unpaired) electrons. The number of aromatic nitrogens is 2. The van der Waals surface area contributed by atoms with Crippen LogP contribution in [0.3, 0.4) is 0 Å². The summed E-state index contributed by atoms with van der Waals surface area (Å²) in [4.78, 5) is 16.7. The molecule has 19 heavy (non-hydrogen) atoms. The van der Waals surface area contributed by atoms with Gasteiger partial charge in [-0.3, -0.25) is 9.20 Å². The van der Waals surface area contributed by atoms with Crippen molar-refractivity contribution in [3.8, 4) is 0 Å². The lowest BCUT2D eigenvalue weighted by Crippen LogP contribution is -2.32. The van der Waals surface area contributed by atoms with Gasteiger partial charge in [0.15, 0.2) is 0 Å². The molecule has 1 saturated heterocycles. The van der Waals surface area contributed by atoms with Crippen LogP contribution in [0.1, 0.15) is 29.0 Å². The van der Waals surface area contributed by atoms with Crippen molar-refractivity contribution in [2.75, 3.05) is 13.2 Å². The highest BCUT2D eigenvalue weighted by molar-refractivity contribution is 5.94. The molecule has 3 rings (SSSR count). The van der Waals surface area contributed by atoms with Gasteiger partial charge in [-0.2, -0.15) is 0 Å². The summed E-state index contributed by atoms with van der Waals surface area (Å²) in [6, 6.07) is 5.70. The van der Waals surface area contributed by atoms with Crippen molar-refractivity contribution in [2.24, 2.45) is 0 Å². The van der Waals surface area contributed by atoms with Gasteiger partial charge in [-0.1, -0.05) is 6.07 Å². The summed E-state index contributed by atoms with van der Waals surface area (Å²) >= 11 is 0. The highest BCUT2D eigenvalue weighted by atomic mass is 16.5. The van der Waals surface area contributed by atoms with Crippen LogP contribution in [0, 0.1) is 6.92 Å². The van der Waals surface area contributed by atoms with Crippen molar-refractivity contribution in [2.45, 2.75) is 25.9 Å². The molecule has 0 spiro atoms. The fourth-order valence-corrected chi connectivity index (χ4v) is 2.48. The summed E-state index contributed by atoms with van der Waals surface area (Å²) in [6.07, 6.45) is 4.11. The van der Waals surface area contributed by atoms with E-state index in [1.165, 1.54) is 0 Å². The van der Waals surface area contributed by atoms with Gasteiger partial charge in [0.1, 0.15) is 11.3 Å². The first kappa shape index (κ1) is 12.2. The minimum Gasteiger partial charge on any atom is -0.376 e. The zero-order chi connectivity index (χ0) is 13.2. The van der Waals surface area contributed by atoms with Crippen LogP contribution in [0.4, 0.5) is 0 Å². The molecular formula is C14H17N3O2. The van der Waals surface area contributed by atoms with E-state index >= 15 is 0 Å². The lowest BCUT2D eigenvalue weighted by atomic mass is 10.2. The zero-order valence-electron chi connectivity index (χ0n) is 10.9. The summed E-state index contributed by atoms with van der Waals surface area (Å²) in [7, 11) is 0. The molecule has 1 fully saturated rings. The quantitative estimate of drug-likeness (QED) is 0.910. The highest BCUT2D eigenvalue weighted by Gasteiger charge is 2.19. The molecule has 3 heterocycles. The van der Waals surface area contributed by atoms with Crippen molar-refractivity contribution in [3.63, 3.8) is 0 Å². The van der Waals surface area contributed by atoms with Gasteiger partial charge in [0.05, 0.1) is 11.8 Å². The molecule has 2 aromatic heterocycles. The molecule has 0 aliphatic carbocycles. The van der Waals surface area contributed by atoms with Gasteiger partial charge >= 0.3 is 0 Å². The van der Waals surface area contributed by atoms with Crippen LogP contribution in [0.2, 0.25) is 0 Å². The average molecular weight is 259 g/mol. The molecule has 0 aromatic carbocycles. The van der Waals surface area contributed by atoms with Crippen LogP contribution in [0.15, 0.2) is 24.4 Å². The third kappa shape index (κ3) is 2.33. The Hall–Kier alpha value is -1.88. The topological polar surface area (TPSA) is 55.6 Å². The normalized spacial score (nSPS) is 18.9. The predicted octanol–water partition coefficient (Wildman–Crippen LogP) is 1.55. The van der Waals surface area contributed by atoms with Crippen LogP contribution in [0.5, 0.6) is 0 Å². The number of aryl methyl sites for hydroxylation is 1. The SMILES string of the molecule is Cc1nc2ccccn2c1C(=O)NCC1CCCO1. The van der Waals surface area contributed by atoms with Crippen LogP contribution in [-0.4, -0.2) is 34.5 Å². The summed E-state index contributed by atoms with van der Waals surface area (Å²) in [5.74, 6) is -0.0910. The number of imidazole rings is 1. The van der Waals surface area contributed by atoms with Gasteiger partial charge < -0.3 is 10.1 Å². The standard InChI is InChI=1S/C14H17N3O2/c1-10-13(17-7-3-2-6-12(17)16-10)14(18)15-9-11-5-4-8-19-11/h2-3,6-7,11H,4-5,8-9H2,1H3,(H,15,18). The number of carbonyl (C=O) groups is 1. The molecule has 5 nitrogen and oxygen atoms in total. The Labute approximate surface area is 111 Å². The molecule has 5 heteroatoms. The van der Waals surface area contributed by atoms with Crippen molar-refractivity contribution < 1.29 is 9.53 Å². The number of carbonyl (C=O) groups excluding carboxylic acids is 1. The zero-order valence-corrected chi connectivity index (χ0v) is 10.9. The maximum absolute atomic E-state index is 12.3. The Morgan fingerprint density at radius 3 is 3.26 bits per heavy atom. The van der Waals surface area contributed by atoms with Gasteiger partial charge in [0.2, 0.25) is 0 Å². The van der Waals surface area contributed by atoms with Crippen molar-refractivity contribution >= 4 is 11.6 Å². The first-order chi connectivity index (χ1) is 9.25. The lowest BCUT2D eigenvalue weighted by molar-refractivity contribution is 0.0852. The lowest BCUT2D eigenvalue weighted by Gasteiger charge is -2.10. The van der Waals surface area contributed by atoms with E-state index in [0.29, 0.717) is 12.2 Å². The van der Waals surface area contributed by atoms with E-state index in [-0.39, 0.29) is 12.0 Å². The third-order valence-electron chi connectivity index (χ3n) is 3.43. The van der Waals surface area contributed by atoms with E-state index in [9.17, 15) is 4.79 Å². The van der Waals surface area contributed by atoms with Crippen molar-refractivity contribution in [1.82, 2.24) is 14.7 Å². The fraction of sp³-hybridized carbons (Fsp3) is 0.429. The number of pyridine rings is 1. The molecule has 1 unspecified atom stereocenters. The Morgan fingerprint density at radius 1 is 1.58 bits per heavy atom. The molecule has 0 saturated carbocycles. The molecule has 1 N–H and O–H groups in total. The van der Waals surface area contributed by atoms with E-state index in [1.54, 1.807) is 0 Å². The van der Waals surface area contributed by atoms with E-state index in [2.05, 4.69) is 10.3 Å². The Kier molecular flexibility index (Phi) is 3.21. The molecule has 1 atom stereocenters. The number of hydrogen-bond donors (Lipinski definition) is 1. The highest BCUT2D eigenvalue weighted by Crippen LogP contribution is 2.13. The first-order valence-corrected chi connectivity index (χ1v) is 6.59. The number of amides is 1. The van der Waals surface area contributed by atoms with Crippen LogP contribution in [0.25, 0.3) is 5.65 Å². The van der Waals surface area contributed by atoms with E-state index in [4.69, 9.17) is 4.74 Å². The second-order valence-electron chi connectivity index (χ2n) is 4.82. The summed E-state index contributed by atoms with van der Waals surface area (Å²) in [5, 5.41) is 2.94. The Morgan fingerprint density at radius 2 is 2.47 bits per heavy atom. The maximum Gasteiger partial charge on any atom is 0.270 e. The fourth-order valence-electron chi connectivity index (χ4n) is 2.48. The maximum atomic E-state index is 12.3. The van der Waals surface area contributed by atoms with Gasteiger partial charge in [0, 0.05) is 19.3 Å². The molecular weight excluding hydrogens is 242 g/mol. The van der Waals surface area contributed by atoms with Gasteiger partial charge in [0.25, 0.3) is 5.91 Å². The average Bonchev–Trinajstić information content (AvgIpc) is 3.02. The summed E-state index contributed by atoms with van der Waals surface area (Å²) in [5.41, 5.74) is 2.15. The van der Waals surface area contributed by atoms with E-state index in [1.807, 2.05) is 35.7 Å². The van der Waals surface area contributed by atoms with Crippen LogP contribution < -0.4 is 5.32 Å². The smallest absolute Gasteiger partial charge is 0.270 e. The van der Waals surface area contributed by atoms with E-state index in [0.717, 1.165) is 30.8 Å². The summed E-state index contributed by atoms with van der Waals surface area (Å²) < 4.78 is 7.32. The second kappa shape index (κ2) is 5.01. The van der Waals surface area contributed by atoms with E-state index < -0.39 is 0 Å². The Balaban J connectivity index is 1.79. The molecule has 1 amide bonds. The molecule has 100 valence electrons. The van der Waals surface area contributed by atoms with Gasteiger partial charge in [-0.15, -0.1) is 0 Å². The second-order valence-corrected chi connectivity index (χ2v) is 4.82. The van der Waals surface area contributed by atoms with Crippen LogP contribution >= 0.6 is 0 Å². The minimum absolute atomic E-state index is 0.0910. The molecule has 2 aromatic rings. The van der Waals surface area contributed by atoms with Gasteiger partial charge in [-0.25, -0.2) is 4.98 Å². The molecule has 1 aliphatic rings. The largest absolute Gasteiger partial charge is 0.376 e. The van der Waals surface area contributed by atoms with Crippen molar-refractivity contribution in [1.29, 1.82) is 0 Å². The van der Waals surface area contributed by atoms with Crippen LogP contribution in [-0.2, 0) is 4.74 Å². The minimum atomic E-state index is -0.0910. The number of nitrogens with one attached hydrogen (secondary N) is 1. The monoisotopic (exact) mass is 259 g/mol. The molecule has 1 aliphatic heterocycles. The molecule has 0 bridgehead atoms. The number of rotatable bonds is 3. The number of hydrogen-bond acceptors (Lipinski definition) is 3. The Bertz CT molecular complexity index is 600.